The number of rotatable bonds is 4. The molecule has 0 spiro atoms. The van der Waals surface area contributed by atoms with Crippen molar-refractivity contribution >= 4 is 0 Å². The molecule has 0 unspecified atom stereocenters. The Balaban J connectivity index is 1.66. The Labute approximate surface area is 75.1 Å². The maximum Gasteiger partial charge on any atom is 0.0166 e. The molecule has 2 N–H and O–H groups in total. The molecule has 0 aliphatic heterocycles. The van der Waals surface area contributed by atoms with Crippen molar-refractivity contribution in [2.75, 3.05) is 13.6 Å². The van der Waals surface area contributed by atoms with Crippen LogP contribution in [0.2, 0.25) is 0 Å². The molecule has 12 heavy (non-hydrogen) atoms. The number of nitrogens with zero attached hydrogens (tertiary/aromatic N) is 1. The first-order valence-electron chi connectivity index (χ1n) is 5.19. The van der Waals surface area contributed by atoms with Crippen molar-refractivity contribution in [3.63, 3.8) is 0 Å². The Hall–Kier alpha value is -0.0800. The predicted molar refractivity (Wildman–Crippen MR) is 51.0 cm³/mol. The van der Waals surface area contributed by atoms with Crippen molar-refractivity contribution in [3.8, 4) is 0 Å². The second kappa shape index (κ2) is 3.00. The van der Waals surface area contributed by atoms with Gasteiger partial charge in [0.25, 0.3) is 0 Å². The molecule has 0 aromatic carbocycles. The van der Waals surface area contributed by atoms with Crippen LogP contribution >= 0.6 is 0 Å². The molecule has 0 bridgehead atoms. The van der Waals surface area contributed by atoms with Gasteiger partial charge in [0.15, 0.2) is 0 Å². The summed E-state index contributed by atoms with van der Waals surface area (Å²) >= 11 is 0. The van der Waals surface area contributed by atoms with Gasteiger partial charge in [0.05, 0.1) is 0 Å². The van der Waals surface area contributed by atoms with Crippen molar-refractivity contribution < 1.29 is 0 Å². The molecular weight excluding hydrogens is 148 g/mol. The number of nitrogens with two attached hydrogens (primary N) is 1. The zero-order valence-corrected chi connectivity index (χ0v) is 8.05. The number of hydrogen-bond donors (Lipinski definition) is 1. The van der Waals surface area contributed by atoms with Gasteiger partial charge < -0.3 is 10.6 Å². The van der Waals surface area contributed by atoms with E-state index in [9.17, 15) is 0 Å². The molecule has 2 aliphatic carbocycles. The van der Waals surface area contributed by atoms with Gasteiger partial charge >= 0.3 is 0 Å². The monoisotopic (exact) mass is 168 g/mol. The Morgan fingerprint density at radius 2 is 2.08 bits per heavy atom. The van der Waals surface area contributed by atoms with Gasteiger partial charge in [0.1, 0.15) is 0 Å². The summed E-state index contributed by atoms with van der Waals surface area (Å²) < 4.78 is 0. The van der Waals surface area contributed by atoms with E-state index in [0.717, 1.165) is 6.04 Å². The fourth-order valence-electron chi connectivity index (χ4n) is 1.98. The van der Waals surface area contributed by atoms with Crippen LogP contribution in [0.4, 0.5) is 0 Å². The Bertz CT molecular complexity index is 159. The van der Waals surface area contributed by atoms with Crippen molar-refractivity contribution in [2.45, 2.75) is 50.1 Å². The average molecular weight is 168 g/mol. The second-order valence-electron chi connectivity index (χ2n) is 4.68. The minimum Gasteiger partial charge on any atom is -0.325 e. The normalized spacial score (nSPS) is 27.2. The number of hydrogen-bond acceptors (Lipinski definition) is 2. The van der Waals surface area contributed by atoms with E-state index in [1.54, 1.807) is 0 Å². The molecule has 0 aromatic rings. The SMILES string of the molecule is CN(CCC1(N)CCC1)C1CC1. The molecule has 0 aromatic heterocycles. The van der Waals surface area contributed by atoms with Gasteiger partial charge in [0.2, 0.25) is 0 Å². The van der Waals surface area contributed by atoms with Gasteiger partial charge in [-0.15, -0.1) is 0 Å². The topological polar surface area (TPSA) is 29.3 Å². The third kappa shape index (κ3) is 1.80. The van der Waals surface area contributed by atoms with Crippen LogP contribution in [0.3, 0.4) is 0 Å². The van der Waals surface area contributed by atoms with Crippen molar-refractivity contribution in [3.05, 3.63) is 0 Å². The standard InChI is InChI=1S/C10H20N2/c1-12(9-3-4-9)8-7-10(11)5-2-6-10/h9H,2-8,11H2,1H3. The lowest BCUT2D eigenvalue weighted by molar-refractivity contribution is 0.193. The van der Waals surface area contributed by atoms with E-state index in [2.05, 4.69) is 11.9 Å². The molecule has 0 atom stereocenters. The molecule has 0 radical (unpaired) electrons. The summed E-state index contributed by atoms with van der Waals surface area (Å²) in [4.78, 5) is 2.48. The van der Waals surface area contributed by atoms with Gasteiger partial charge in [0, 0.05) is 11.6 Å². The largest absolute Gasteiger partial charge is 0.325 e. The smallest absolute Gasteiger partial charge is 0.0166 e. The first kappa shape index (κ1) is 8.52. The Morgan fingerprint density at radius 3 is 2.50 bits per heavy atom. The predicted octanol–water partition coefficient (Wildman–Crippen LogP) is 1.35. The molecule has 0 saturated heterocycles. The second-order valence-corrected chi connectivity index (χ2v) is 4.68. The van der Waals surface area contributed by atoms with Crippen molar-refractivity contribution in [1.29, 1.82) is 0 Å². The molecular formula is C10H20N2. The first-order chi connectivity index (χ1) is 5.70. The summed E-state index contributed by atoms with van der Waals surface area (Å²) in [6.07, 6.45) is 7.89. The summed E-state index contributed by atoms with van der Waals surface area (Å²) in [6, 6.07) is 0.897. The summed E-state index contributed by atoms with van der Waals surface area (Å²) in [5, 5.41) is 0. The van der Waals surface area contributed by atoms with Gasteiger partial charge in [-0.3, -0.25) is 0 Å². The van der Waals surface area contributed by atoms with Crippen LogP contribution in [0.5, 0.6) is 0 Å². The van der Waals surface area contributed by atoms with Crippen LogP contribution in [-0.4, -0.2) is 30.1 Å². The van der Waals surface area contributed by atoms with Crippen molar-refractivity contribution in [1.82, 2.24) is 4.90 Å². The highest BCUT2D eigenvalue weighted by Gasteiger charge is 2.34. The van der Waals surface area contributed by atoms with E-state index in [1.165, 1.54) is 45.1 Å². The lowest BCUT2D eigenvalue weighted by Crippen LogP contribution is -2.48. The third-order valence-electron chi connectivity index (χ3n) is 3.48. The van der Waals surface area contributed by atoms with Gasteiger partial charge in [-0.25, -0.2) is 0 Å². The van der Waals surface area contributed by atoms with Crippen LogP contribution in [0.25, 0.3) is 0 Å². The molecule has 2 aliphatic rings. The summed E-state index contributed by atoms with van der Waals surface area (Å²) in [5.74, 6) is 0. The third-order valence-corrected chi connectivity index (χ3v) is 3.48. The van der Waals surface area contributed by atoms with Crippen LogP contribution in [0.15, 0.2) is 0 Å². The highest BCUT2D eigenvalue weighted by molar-refractivity contribution is 4.94. The molecule has 2 rings (SSSR count). The lowest BCUT2D eigenvalue weighted by atomic mass is 9.75. The lowest BCUT2D eigenvalue weighted by Gasteiger charge is -2.39. The molecule has 2 heteroatoms. The molecule has 0 amide bonds. The summed E-state index contributed by atoms with van der Waals surface area (Å²) in [5.41, 5.74) is 6.37. The van der Waals surface area contributed by atoms with Gasteiger partial charge in [-0.2, -0.15) is 0 Å². The zero-order chi connectivity index (χ0) is 8.60. The van der Waals surface area contributed by atoms with E-state index in [1.807, 2.05) is 0 Å². The van der Waals surface area contributed by atoms with Crippen LogP contribution in [0, 0.1) is 0 Å². The highest BCUT2D eigenvalue weighted by atomic mass is 15.2. The maximum atomic E-state index is 6.15. The fraction of sp³-hybridized carbons (Fsp3) is 1.00. The molecule has 2 nitrogen and oxygen atoms in total. The van der Waals surface area contributed by atoms with E-state index in [-0.39, 0.29) is 5.54 Å². The molecule has 70 valence electrons. The van der Waals surface area contributed by atoms with Crippen LogP contribution in [-0.2, 0) is 0 Å². The molecule has 0 heterocycles. The fourth-order valence-corrected chi connectivity index (χ4v) is 1.98. The minimum absolute atomic E-state index is 0.225. The maximum absolute atomic E-state index is 6.15. The average Bonchev–Trinajstić information content (AvgIpc) is 2.78. The van der Waals surface area contributed by atoms with E-state index in [0.29, 0.717) is 0 Å². The summed E-state index contributed by atoms with van der Waals surface area (Å²) in [6.45, 7) is 1.21. The van der Waals surface area contributed by atoms with Crippen LogP contribution < -0.4 is 5.73 Å². The quantitative estimate of drug-likeness (QED) is 0.686. The molecule has 2 fully saturated rings. The first-order valence-corrected chi connectivity index (χ1v) is 5.19. The van der Waals surface area contributed by atoms with Gasteiger partial charge in [-0.05, 0) is 52.1 Å². The molecule has 2 saturated carbocycles. The summed E-state index contributed by atoms with van der Waals surface area (Å²) in [7, 11) is 2.24. The Morgan fingerprint density at radius 1 is 1.42 bits per heavy atom. The van der Waals surface area contributed by atoms with E-state index >= 15 is 0 Å². The van der Waals surface area contributed by atoms with Crippen LogP contribution in [0.1, 0.15) is 38.5 Å². The van der Waals surface area contributed by atoms with Crippen molar-refractivity contribution in [2.24, 2.45) is 5.73 Å². The Kier molecular flexibility index (Phi) is 2.13. The van der Waals surface area contributed by atoms with Gasteiger partial charge in [-0.1, -0.05) is 0 Å². The zero-order valence-electron chi connectivity index (χ0n) is 8.05. The van der Waals surface area contributed by atoms with E-state index < -0.39 is 0 Å². The van der Waals surface area contributed by atoms with E-state index in [4.69, 9.17) is 5.73 Å². The minimum atomic E-state index is 0.225. The highest BCUT2D eigenvalue weighted by Crippen LogP contribution is 2.33.